The number of hydrogen-bond donors (Lipinski definition) is 0. The number of carbonyl (C=O) groups excluding carboxylic acids is 3. The maximum absolute atomic E-state index is 12.2. The van der Waals surface area contributed by atoms with Crippen LogP contribution in [0.15, 0.2) is 11.1 Å². The van der Waals surface area contributed by atoms with Gasteiger partial charge in [0, 0.05) is 0 Å². The summed E-state index contributed by atoms with van der Waals surface area (Å²) in [7, 11) is 1.15. The maximum atomic E-state index is 12.2. The summed E-state index contributed by atoms with van der Waals surface area (Å²) < 4.78 is 4.40. The second-order valence-corrected chi connectivity index (χ2v) is 4.69. The van der Waals surface area contributed by atoms with Crippen molar-refractivity contribution >= 4 is 17.5 Å². The molecule has 0 amide bonds. The van der Waals surface area contributed by atoms with Gasteiger partial charge in [-0.05, 0) is 38.2 Å². The number of rotatable bonds is 2. The fourth-order valence-electron chi connectivity index (χ4n) is 2.21. The molecule has 1 saturated carbocycles. The van der Waals surface area contributed by atoms with E-state index in [1.54, 1.807) is 0 Å². The number of hydrogen-bond acceptors (Lipinski definition) is 4. The lowest BCUT2D eigenvalue weighted by atomic mass is 9.73. The summed E-state index contributed by atoms with van der Waals surface area (Å²) in [5, 5.41) is 0. The van der Waals surface area contributed by atoms with Gasteiger partial charge in [-0.15, -0.1) is 0 Å². The molecule has 0 radical (unpaired) electrons. The molecule has 0 aliphatic heterocycles. The summed E-state index contributed by atoms with van der Waals surface area (Å²) in [5.74, 6) is -2.81. The molecule has 0 N–H and O–H groups in total. The lowest BCUT2D eigenvalue weighted by molar-refractivity contribution is -0.156. The first-order chi connectivity index (χ1) is 7.90. The average Bonchev–Trinajstić information content (AvgIpc) is 2.27. The van der Waals surface area contributed by atoms with E-state index >= 15 is 0 Å². The van der Waals surface area contributed by atoms with Gasteiger partial charge in [0.25, 0.3) is 5.78 Å². The van der Waals surface area contributed by atoms with Crippen molar-refractivity contribution in [2.75, 3.05) is 7.11 Å². The molecule has 1 fully saturated rings. The highest BCUT2D eigenvalue weighted by Crippen LogP contribution is 2.32. The van der Waals surface area contributed by atoms with Gasteiger partial charge in [-0.3, -0.25) is 9.59 Å². The normalized spacial score (nSPS) is 24.5. The zero-order chi connectivity index (χ0) is 13.2. The van der Waals surface area contributed by atoms with Crippen LogP contribution in [-0.2, 0) is 19.1 Å². The minimum atomic E-state index is -0.926. The zero-order valence-corrected chi connectivity index (χ0v) is 10.7. The minimum absolute atomic E-state index is 0.0998. The van der Waals surface area contributed by atoms with Crippen LogP contribution in [0.4, 0.5) is 0 Å². The minimum Gasteiger partial charge on any atom is -0.463 e. The molecule has 0 aromatic carbocycles. The van der Waals surface area contributed by atoms with Gasteiger partial charge in [0.2, 0.25) is 0 Å². The van der Waals surface area contributed by atoms with Gasteiger partial charge in [-0.2, -0.15) is 0 Å². The van der Waals surface area contributed by atoms with Gasteiger partial charge >= 0.3 is 5.97 Å². The number of methoxy groups -OCH3 is 1. The first-order valence-electron chi connectivity index (χ1n) is 5.72. The largest absolute Gasteiger partial charge is 0.463 e. The van der Waals surface area contributed by atoms with Crippen LogP contribution in [0.2, 0.25) is 0 Å². The predicted octanol–water partition coefficient (Wildman–Crippen LogP) is 1.68. The molecule has 0 aromatic rings. The van der Waals surface area contributed by atoms with Crippen LogP contribution in [0.3, 0.4) is 0 Å². The first kappa shape index (κ1) is 13.6. The summed E-state index contributed by atoms with van der Waals surface area (Å²) in [5.41, 5.74) is 1.61. The molecule has 1 unspecified atom stereocenters. The number of esters is 1. The zero-order valence-electron chi connectivity index (χ0n) is 10.7. The third-order valence-electron chi connectivity index (χ3n) is 3.27. The van der Waals surface area contributed by atoms with E-state index in [0.29, 0.717) is 12.0 Å². The molecule has 0 spiro atoms. The van der Waals surface area contributed by atoms with Gasteiger partial charge in [0.05, 0.1) is 13.0 Å². The van der Waals surface area contributed by atoms with E-state index in [4.69, 9.17) is 0 Å². The number of allylic oxidation sites excluding steroid dienone is 2. The van der Waals surface area contributed by atoms with Crippen LogP contribution in [0.1, 0.15) is 33.6 Å². The topological polar surface area (TPSA) is 60.4 Å². The maximum Gasteiger partial charge on any atom is 0.375 e. The highest BCUT2D eigenvalue weighted by Gasteiger charge is 2.40. The Labute approximate surface area is 101 Å². The first-order valence-corrected chi connectivity index (χ1v) is 5.72. The standard InChI is InChI=1S/C13H18O4/c1-7(2)9-6-5-8(3)10(11(9)14)12(15)13(16)17-4/h8,10H,5-6H2,1-4H3/t8-,10?/m1/s1. The lowest BCUT2D eigenvalue weighted by Crippen LogP contribution is -2.39. The van der Waals surface area contributed by atoms with Crippen LogP contribution in [-0.4, -0.2) is 24.6 Å². The summed E-state index contributed by atoms with van der Waals surface area (Å²) in [4.78, 5) is 35.2. The summed E-state index contributed by atoms with van der Waals surface area (Å²) in [6.45, 7) is 5.52. The molecular formula is C13H18O4. The molecule has 17 heavy (non-hydrogen) atoms. The second kappa shape index (κ2) is 5.25. The molecular weight excluding hydrogens is 220 g/mol. The monoisotopic (exact) mass is 238 g/mol. The summed E-state index contributed by atoms with van der Waals surface area (Å²) in [6, 6.07) is 0. The SMILES string of the molecule is COC(=O)C(=O)C1C(=O)C(=C(C)C)CC[C@H]1C. The Bertz CT molecular complexity index is 388. The summed E-state index contributed by atoms with van der Waals surface area (Å²) in [6.07, 6.45) is 1.44. The highest BCUT2D eigenvalue weighted by atomic mass is 16.5. The Morgan fingerprint density at radius 2 is 1.88 bits per heavy atom. The van der Waals surface area contributed by atoms with Gasteiger partial charge in [-0.1, -0.05) is 12.5 Å². The van der Waals surface area contributed by atoms with Crippen LogP contribution in [0, 0.1) is 11.8 Å². The molecule has 1 aliphatic carbocycles. The van der Waals surface area contributed by atoms with Gasteiger partial charge in [-0.25, -0.2) is 4.79 Å². The quantitative estimate of drug-likeness (QED) is 0.318. The highest BCUT2D eigenvalue weighted by molar-refractivity contribution is 6.39. The van der Waals surface area contributed by atoms with E-state index in [9.17, 15) is 14.4 Å². The molecule has 0 saturated heterocycles. The second-order valence-electron chi connectivity index (χ2n) is 4.69. The number of ketones is 2. The van der Waals surface area contributed by atoms with Gasteiger partial charge in [0.1, 0.15) is 0 Å². The molecule has 94 valence electrons. The van der Waals surface area contributed by atoms with E-state index in [1.807, 2.05) is 20.8 Å². The van der Waals surface area contributed by atoms with Crippen molar-refractivity contribution in [3.8, 4) is 0 Å². The van der Waals surface area contributed by atoms with Crippen LogP contribution < -0.4 is 0 Å². The molecule has 4 heteroatoms. The molecule has 0 bridgehead atoms. The smallest absolute Gasteiger partial charge is 0.375 e. The Morgan fingerprint density at radius 1 is 1.29 bits per heavy atom. The molecule has 1 aliphatic rings. The fraction of sp³-hybridized carbons (Fsp3) is 0.615. The average molecular weight is 238 g/mol. The third-order valence-corrected chi connectivity index (χ3v) is 3.27. The van der Waals surface area contributed by atoms with E-state index < -0.39 is 17.7 Å². The molecule has 2 atom stereocenters. The Morgan fingerprint density at radius 3 is 2.35 bits per heavy atom. The lowest BCUT2D eigenvalue weighted by Gasteiger charge is -2.28. The van der Waals surface area contributed by atoms with Crippen LogP contribution >= 0.6 is 0 Å². The summed E-state index contributed by atoms with van der Waals surface area (Å²) >= 11 is 0. The Balaban J connectivity index is 3.04. The Hall–Kier alpha value is -1.45. The van der Waals surface area contributed by atoms with Crippen molar-refractivity contribution in [3.63, 3.8) is 0 Å². The van der Waals surface area contributed by atoms with E-state index in [2.05, 4.69) is 4.74 Å². The molecule has 0 heterocycles. The van der Waals surface area contributed by atoms with E-state index in [0.717, 1.165) is 19.1 Å². The van der Waals surface area contributed by atoms with Crippen molar-refractivity contribution in [2.24, 2.45) is 11.8 Å². The van der Waals surface area contributed by atoms with Gasteiger partial charge in [0.15, 0.2) is 5.78 Å². The number of carbonyl (C=O) groups is 3. The molecule has 4 nitrogen and oxygen atoms in total. The molecule has 0 aromatic heterocycles. The van der Waals surface area contributed by atoms with E-state index in [-0.39, 0.29) is 11.7 Å². The van der Waals surface area contributed by atoms with Crippen LogP contribution in [0.5, 0.6) is 0 Å². The molecule has 1 rings (SSSR count). The fourth-order valence-corrected chi connectivity index (χ4v) is 2.21. The number of Topliss-reactive ketones (excluding diaryl/α,β-unsaturated/α-hetero) is 2. The van der Waals surface area contributed by atoms with Gasteiger partial charge < -0.3 is 4.74 Å². The Kier molecular flexibility index (Phi) is 4.21. The number of ether oxygens (including phenoxy) is 1. The van der Waals surface area contributed by atoms with Crippen molar-refractivity contribution in [1.82, 2.24) is 0 Å². The van der Waals surface area contributed by atoms with Crippen molar-refractivity contribution in [3.05, 3.63) is 11.1 Å². The third kappa shape index (κ3) is 2.62. The van der Waals surface area contributed by atoms with Crippen molar-refractivity contribution in [2.45, 2.75) is 33.6 Å². The van der Waals surface area contributed by atoms with Crippen molar-refractivity contribution < 1.29 is 19.1 Å². The van der Waals surface area contributed by atoms with Crippen molar-refractivity contribution in [1.29, 1.82) is 0 Å². The van der Waals surface area contributed by atoms with Crippen LogP contribution in [0.25, 0.3) is 0 Å². The van der Waals surface area contributed by atoms with E-state index in [1.165, 1.54) is 0 Å². The predicted molar refractivity (Wildman–Crippen MR) is 62.3 cm³/mol.